The number of nitrogens with zero attached hydrogens (tertiary/aromatic N) is 1. The van der Waals surface area contributed by atoms with Gasteiger partial charge in [-0.25, -0.2) is 4.99 Å². The fourth-order valence-electron chi connectivity index (χ4n) is 1.32. The van der Waals surface area contributed by atoms with Crippen molar-refractivity contribution >= 4 is 17.2 Å². The molecular weight excluding hydrogens is 186 g/mol. The summed E-state index contributed by atoms with van der Waals surface area (Å²) in [5.41, 5.74) is 7.24. The molecule has 0 aliphatic rings. The molecule has 3 nitrogen and oxygen atoms in total. The van der Waals surface area contributed by atoms with Crippen molar-refractivity contribution in [3.63, 3.8) is 0 Å². The van der Waals surface area contributed by atoms with Crippen LogP contribution in [-0.2, 0) is 0 Å². The average molecular weight is 203 g/mol. The summed E-state index contributed by atoms with van der Waals surface area (Å²) in [6.07, 6.45) is 2.26. The van der Waals surface area contributed by atoms with E-state index >= 15 is 0 Å². The van der Waals surface area contributed by atoms with Crippen LogP contribution in [0.5, 0.6) is 0 Å². The van der Waals surface area contributed by atoms with Crippen LogP contribution in [0.4, 0.5) is 5.69 Å². The maximum Gasteiger partial charge on any atom is 0.105 e. The Labute approximate surface area is 90.5 Å². The molecule has 3 N–H and O–H groups in total. The number of amidine groups is 1. The topological polar surface area (TPSA) is 62.2 Å². The Hall–Kier alpha value is -1.64. The van der Waals surface area contributed by atoms with E-state index in [-0.39, 0.29) is 0 Å². The molecule has 1 aromatic carbocycles. The predicted octanol–water partition coefficient (Wildman–Crippen LogP) is 2.89. The molecule has 0 amide bonds. The Kier molecular flexibility index (Phi) is 4.54. The molecule has 80 valence electrons. The highest BCUT2D eigenvalue weighted by Crippen LogP contribution is 2.10. The van der Waals surface area contributed by atoms with Gasteiger partial charge >= 0.3 is 0 Å². The standard InChI is InChI=1S/C12H17N3/c1-2-6-10(13)9-12(14)15-11-7-4-3-5-8-11/h3-5,7-8,13H,2,6,9H2,1H3,(H2,14,15). The number of benzene rings is 1. The molecule has 0 aliphatic heterocycles. The first-order valence-electron chi connectivity index (χ1n) is 5.16. The van der Waals surface area contributed by atoms with Crippen molar-refractivity contribution in [1.82, 2.24) is 0 Å². The number of hydrogen-bond acceptors (Lipinski definition) is 2. The minimum Gasteiger partial charge on any atom is -0.387 e. The lowest BCUT2D eigenvalue weighted by atomic mass is 10.1. The van der Waals surface area contributed by atoms with Crippen molar-refractivity contribution in [2.45, 2.75) is 26.2 Å². The zero-order valence-electron chi connectivity index (χ0n) is 9.03. The van der Waals surface area contributed by atoms with Crippen molar-refractivity contribution in [3.05, 3.63) is 30.3 Å². The van der Waals surface area contributed by atoms with Crippen molar-refractivity contribution in [2.75, 3.05) is 0 Å². The molecule has 1 rings (SSSR count). The minimum atomic E-state index is 0.475. The fraction of sp³-hybridized carbons (Fsp3) is 0.333. The van der Waals surface area contributed by atoms with Gasteiger partial charge in [0.15, 0.2) is 0 Å². The third-order valence-electron chi connectivity index (χ3n) is 1.98. The van der Waals surface area contributed by atoms with E-state index in [1.807, 2.05) is 30.3 Å². The molecular formula is C12H17N3. The smallest absolute Gasteiger partial charge is 0.105 e. The van der Waals surface area contributed by atoms with Crippen LogP contribution in [0, 0.1) is 5.41 Å². The first kappa shape index (κ1) is 11.4. The van der Waals surface area contributed by atoms with E-state index < -0.39 is 0 Å². The molecule has 0 atom stereocenters. The minimum absolute atomic E-state index is 0.475. The second-order valence-electron chi connectivity index (χ2n) is 3.47. The average Bonchev–Trinajstić information content (AvgIpc) is 2.19. The summed E-state index contributed by atoms with van der Waals surface area (Å²) in [5, 5.41) is 7.62. The molecule has 0 radical (unpaired) electrons. The molecule has 0 saturated heterocycles. The lowest BCUT2D eigenvalue weighted by Crippen LogP contribution is -2.16. The van der Waals surface area contributed by atoms with Gasteiger partial charge in [0.25, 0.3) is 0 Å². The Morgan fingerprint density at radius 1 is 1.33 bits per heavy atom. The van der Waals surface area contributed by atoms with E-state index in [0.29, 0.717) is 18.0 Å². The second-order valence-corrected chi connectivity index (χ2v) is 3.47. The molecule has 3 heteroatoms. The molecule has 0 bridgehead atoms. The van der Waals surface area contributed by atoms with Crippen molar-refractivity contribution in [1.29, 1.82) is 5.41 Å². The number of nitrogens with one attached hydrogen (secondary N) is 1. The summed E-state index contributed by atoms with van der Waals surface area (Å²) >= 11 is 0. The van der Waals surface area contributed by atoms with E-state index in [1.54, 1.807) is 0 Å². The highest BCUT2D eigenvalue weighted by atomic mass is 14.9. The summed E-state index contributed by atoms with van der Waals surface area (Å²) in [4.78, 5) is 4.23. The first-order valence-corrected chi connectivity index (χ1v) is 5.16. The van der Waals surface area contributed by atoms with Crippen LogP contribution in [0.3, 0.4) is 0 Å². The van der Waals surface area contributed by atoms with Gasteiger partial charge in [-0.2, -0.15) is 0 Å². The number of aliphatic imine (C=N–C) groups is 1. The zero-order valence-corrected chi connectivity index (χ0v) is 9.03. The summed E-state index contributed by atoms with van der Waals surface area (Å²) in [7, 11) is 0. The van der Waals surface area contributed by atoms with Gasteiger partial charge in [0, 0.05) is 12.1 Å². The third-order valence-corrected chi connectivity index (χ3v) is 1.98. The van der Waals surface area contributed by atoms with Gasteiger partial charge in [0.1, 0.15) is 5.84 Å². The summed E-state index contributed by atoms with van der Waals surface area (Å²) < 4.78 is 0. The van der Waals surface area contributed by atoms with Crippen LogP contribution in [0.1, 0.15) is 26.2 Å². The number of para-hydroxylation sites is 1. The maximum absolute atomic E-state index is 7.62. The lowest BCUT2D eigenvalue weighted by Gasteiger charge is -2.01. The van der Waals surface area contributed by atoms with Crippen LogP contribution in [0.25, 0.3) is 0 Å². The highest BCUT2D eigenvalue weighted by Gasteiger charge is 1.99. The van der Waals surface area contributed by atoms with E-state index in [4.69, 9.17) is 11.1 Å². The van der Waals surface area contributed by atoms with Crippen molar-refractivity contribution < 1.29 is 0 Å². The van der Waals surface area contributed by atoms with Gasteiger partial charge in [-0.05, 0) is 18.6 Å². The summed E-state index contributed by atoms with van der Waals surface area (Å²) in [5.74, 6) is 0.514. The summed E-state index contributed by atoms with van der Waals surface area (Å²) in [6, 6.07) is 9.58. The Morgan fingerprint density at radius 2 is 2.00 bits per heavy atom. The van der Waals surface area contributed by atoms with E-state index in [0.717, 1.165) is 18.5 Å². The normalized spacial score (nSPS) is 11.4. The van der Waals surface area contributed by atoms with Crippen molar-refractivity contribution in [3.8, 4) is 0 Å². The van der Waals surface area contributed by atoms with Crippen LogP contribution in [0.15, 0.2) is 35.3 Å². The van der Waals surface area contributed by atoms with E-state index in [9.17, 15) is 0 Å². The van der Waals surface area contributed by atoms with Gasteiger partial charge in [-0.15, -0.1) is 0 Å². The van der Waals surface area contributed by atoms with Crippen LogP contribution < -0.4 is 5.73 Å². The van der Waals surface area contributed by atoms with Crippen molar-refractivity contribution in [2.24, 2.45) is 10.7 Å². The van der Waals surface area contributed by atoms with Gasteiger partial charge in [-0.1, -0.05) is 31.5 Å². The van der Waals surface area contributed by atoms with Crippen LogP contribution >= 0.6 is 0 Å². The maximum atomic E-state index is 7.62. The largest absolute Gasteiger partial charge is 0.387 e. The van der Waals surface area contributed by atoms with Gasteiger partial charge in [0.2, 0.25) is 0 Å². The SMILES string of the molecule is CCCC(=N)CC(N)=Nc1ccccc1. The molecule has 0 unspecified atom stereocenters. The molecule has 15 heavy (non-hydrogen) atoms. The molecule has 0 saturated carbocycles. The predicted molar refractivity (Wildman–Crippen MR) is 65.0 cm³/mol. The number of nitrogens with two attached hydrogens (primary N) is 1. The molecule has 0 fully saturated rings. The third kappa shape index (κ3) is 4.40. The molecule has 0 spiro atoms. The van der Waals surface area contributed by atoms with E-state index in [2.05, 4.69) is 11.9 Å². The molecule has 0 aliphatic carbocycles. The van der Waals surface area contributed by atoms with Crippen LogP contribution in [0.2, 0.25) is 0 Å². The summed E-state index contributed by atoms with van der Waals surface area (Å²) in [6.45, 7) is 2.05. The van der Waals surface area contributed by atoms with Crippen LogP contribution in [-0.4, -0.2) is 11.5 Å². The quantitative estimate of drug-likeness (QED) is 0.561. The first-order chi connectivity index (χ1) is 7.22. The molecule has 1 aromatic rings. The Bertz CT molecular complexity index is 341. The van der Waals surface area contributed by atoms with Gasteiger partial charge in [0.05, 0.1) is 5.69 Å². The zero-order chi connectivity index (χ0) is 11.1. The Balaban J connectivity index is 2.57. The molecule has 0 aromatic heterocycles. The highest BCUT2D eigenvalue weighted by molar-refractivity contribution is 6.02. The van der Waals surface area contributed by atoms with Gasteiger partial charge in [-0.3, -0.25) is 0 Å². The number of hydrogen-bond donors (Lipinski definition) is 2. The monoisotopic (exact) mass is 203 g/mol. The number of rotatable bonds is 5. The Morgan fingerprint density at radius 3 is 2.60 bits per heavy atom. The molecule has 0 heterocycles. The van der Waals surface area contributed by atoms with Gasteiger partial charge < -0.3 is 11.1 Å². The second kappa shape index (κ2) is 5.96. The lowest BCUT2D eigenvalue weighted by molar-refractivity contribution is 0.973. The fourth-order valence-corrected chi connectivity index (χ4v) is 1.32. The van der Waals surface area contributed by atoms with E-state index in [1.165, 1.54) is 0 Å².